The lowest BCUT2D eigenvalue weighted by molar-refractivity contribution is 0.0526. The van der Waals surface area contributed by atoms with Crippen LogP contribution in [0.4, 0.5) is 10.1 Å². The number of aryl methyl sites for hydroxylation is 1. The van der Waals surface area contributed by atoms with Crippen LogP contribution in [-0.2, 0) is 4.74 Å². The number of carbonyl (C=O) groups is 1. The SMILES string of the molecule is CCOC(=O)c1cnc2c(C)ccc(F)c2c1N1CCNCC1. The molecule has 0 bridgehead atoms. The van der Waals surface area contributed by atoms with Crippen LogP contribution in [0.15, 0.2) is 18.3 Å². The Morgan fingerprint density at radius 3 is 2.83 bits per heavy atom. The van der Waals surface area contributed by atoms with Gasteiger partial charge in [0.1, 0.15) is 11.4 Å². The van der Waals surface area contributed by atoms with E-state index in [1.807, 2.05) is 11.8 Å². The number of hydrogen-bond donors (Lipinski definition) is 1. The molecule has 1 aliphatic heterocycles. The summed E-state index contributed by atoms with van der Waals surface area (Å²) in [6.45, 7) is 6.91. The van der Waals surface area contributed by atoms with E-state index in [-0.39, 0.29) is 12.4 Å². The van der Waals surface area contributed by atoms with Crippen molar-refractivity contribution in [3.63, 3.8) is 0 Å². The molecular formula is C17H20FN3O2. The highest BCUT2D eigenvalue weighted by atomic mass is 19.1. The topological polar surface area (TPSA) is 54.5 Å². The van der Waals surface area contributed by atoms with Crippen molar-refractivity contribution in [2.45, 2.75) is 13.8 Å². The van der Waals surface area contributed by atoms with E-state index in [0.29, 0.717) is 35.2 Å². The number of nitrogens with zero attached hydrogens (tertiary/aromatic N) is 2. The second kappa shape index (κ2) is 6.50. The van der Waals surface area contributed by atoms with Crippen molar-refractivity contribution in [2.75, 3.05) is 37.7 Å². The zero-order valence-corrected chi connectivity index (χ0v) is 13.4. The van der Waals surface area contributed by atoms with Crippen molar-refractivity contribution >= 4 is 22.6 Å². The molecule has 1 aliphatic rings. The third-order valence-electron chi connectivity index (χ3n) is 4.07. The molecule has 0 aliphatic carbocycles. The number of nitrogens with one attached hydrogen (secondary N) is 1. The third-order valence-corrected chi connectivity index (χ3v) is 4.07. The molecule has 0 spiro atoms. The number of aromatic nitrogens is 1. The summed E-state index contributed by atoms with van der Waals surface area (Å²) in [5.41, 5.74) is 2.39. The number of pyridine rings is 1. The van der Waals surface area contributed by atoms with Gasteiger partial charge in [0.05, 0.1) is 23.2 Å². The minimum Gasteiger partial charge on any atom is -0.462 e. The van der Waals surface area contributed by atoms with Crippen molar-refractivity contribution in [3.8, 4) is 0 Å². The Morgan fingerprint density at radius 2 is 2.13 bits per heavy atom. The van der Waals surface area contributed by atoms with Gasteiger partial charge in [-0.3, -0.25) is 4.98 Å². The summed E-state index contributed by atoms with van der Waals surface area (Å²) in [7, 11) is 0. The van der Waals surface area contributed by atoms with Gasteiger partial charge in [-0.05, 0) is 25.5 Å². The number of rotatable bonds is 3. The molecule has 0 amide bonds. The van der Waals surface area contributed by atoms with E-state index >= 15 is 0 Å². The Balaban J connectivity index is 2.26. The van der Waals surface area contributed by atoms with Crippen LogP contribution in [-0.4, -0.2) is 43.7 Å². The van der Waals surface area contributed by atoms with E-state index in [4.69, 9.17) is 4.74 Å². The zero-order chi connectivity index (χ0) is 16.4. The van der Waals surface area contributed by atoms with Crippen LogP contribution in [0.2, 0.25) is 0 Å². The highest BCUT2D eigenvalue weighted by Gasteiger charge is 2.25. The molecule has 1 saturated heterocycles. The summed E-state index contributed by atoms with van der Waals surface area (Å²) >= 11 is 0. The Hall–Kier alpha value is -2.21. The van der Waals surface area contributed by atoms with Crippen LogP contribution < -0.4 is 10.2 Å². The number of fused-ring (bicyclic) bond motifs is 1. The lowest BCUT2D eigenvalue weighted by atomic mass is 10.0. The number of ether oxygens (including phenoxy) is 1. The second-order valence-corrected chi connectivity index (χ2v) is 5.57. The maximum atomic E-state index is 14.6. The first-order valence-electron chi connectivity index (χ1n) is 7.84. The van der Waals surface area contributed by atoms with Crippen molar-refractivity contribution in [3.05, 3.63) is 35.3 Å². The first kappa shape index (κ1) is 15.7. The number of benzene rings is 1. The van der Waals surface area contributed by atoms with Gasteiger partial charge in [-0.1, -0.05) is 6.07 Å². The molecule has 1 aromatic carbocycles. The molecule has 0 radical (unpaired) electrons. The zero-order valence-electron chi connectivity index (χ0n) is 13.4. The van der Waals surface area contributed by atoms with Crippen LogP contribution in [0.25, 0.3) is 10.9 Å². The van der Waals surface area contributed by atoms with Gasteiger partial charge in [-0.15, -0.1) is 0 Å². The molecule has 2 aromatic rings. The standard InChI is InChI=1S/C17H20FN3O2/c1-3-23-17(22)12-10-20-15-11(2)4-5-13(18)14(15)16(12)21-8-6-19-7-9-21/h4-5,10,19H,3,6-9H2,1-2H3. The number of piperazine rings is 1. The van der Waals surface area contributed by atoms with Crippen molar-refractivity contribution < 1.29 is 13.9 Å². The van der Waals surface area contributed by atoms with Gasteiger partial charge >= 0.3 is 5.97 Å². The quantitative estimate of drug-likeness (QED) is 0.880. The summed E-state index contributed by atoms with van der Waals surface area (Å²) in [4.78, 5) is 18.7. The minimum atomic E-state index is -0.462. The molecule has 1 fully saturated rings. The molecule has 0 saturated carbocycles. The average Bonchev–Trinajstić information content (AvgIpc) is 2.58. The van der Waals surface area contributed by atoms with E-state index in [9.17, 15) is 9.18 Å². The highest BCUT2D eigenvalue weighted by molar-refractivity contribution is 6.06. The van der Waals surface area contributed by atoms with Gasteiger partial charge in [-0.2, -0.15) is 0 Å². The number of anilines is 1. The normalized spacial score (nSPS) is 15.0. The van der Waals surface area contributed by atoms with Crippen LogP contribution in [0, 0.1) is 12.7 Å². The lowest BCUT2D eigenvalue weighted by Gasteiger charge is -2.31. The fourth-order valence-corrected chi connectivity index (χ4v) is 2.96. The maximum absolute atomic E-state index is 14.6. The summed E-state index contributed by atoms with van der Waals surface area (Å²) in [6.07, 6.45) is 1.50. The van der Waals surface area contributed by atoms with E-state index in [1.54, 1.807) is 13.0 Å². The molecule has 0 atom stereocenters. The van der Waals surface area contributed by atoms with Crippen molar-refractivity contribution in [1.82, 2.24) is 10.3 Å². The first-order valence-corrected chi connectivity index (χ1v) is 7.84. The minimum absolute atomic E-state index is 0.272. The number of hydrogen-bond acceptors (Lipinski definition) is 5. The van der Waals surface area contributed by atoms with E-state index < -0.39 is 5.97 Å². The third kappa shape index (κ3) is 2.86. The van der Waals surface area contributed by atoms with Gasteiger partial charge in [0, 0.05) is 32.4 Å². The molecule has 0 unspecified atom stereocenters. The highest BCUT2D eigenvalue weighted by Crippen LogP contribution is 2.33. The Labute approximate surface area is 134 Å². The van der Waals surface area contributed by atoms with Crippen molar-refractivity contribution in [2.24, 2.45) is 0 Å². The number of carbonyl (C=O) groups excluding carboxylic acids is 1. The van der Waals surface area contributed by atoms with Crippen LogP contribution in [0.1, 0.15) is 22.8 Å². The van der Waals surface area contributed by atoms with Gasteiger partial charge in [0.2, 0.25) is 0 Å². The Morgan fingerprint density at radius 1 is 1.39 bits per heavy atom. The molecule has 23 heavy (non-hydrogen) atoms. The smallest absolute Gasteiger partial charge is 0.341 e. The Bertz CT molecular complexity index is 742. The van der Waals surface area contributed by atoms with Gasteiger partial charge in [-0.25, -0.2) is 9.18 Å². The molecule has 2 heterocycles. The first-order chi connectivity index (χ1) is 11.1. The lowest BCUT2D eigenvalue weighted by Crippen LogP contribution is -2.44. The van der Waals surface area contributed by atoms with E-state index in [1.165, 1.54) is 12.3 Å². The van der Waals surface area contributed by atoms with Gasteiger partial charge < -0.3 is 15.0 Å². The fourth-order valence-electron chi connectivity index (χ4n) is 2.96. The summed E-state index contributed by atoms with van der Waals surface area (Å²) in [5, 5.41) is 3.67. The fraction of sp³-hybridized carbons (Fsp3) is 0.412. The summed E-state index contributed by atoms with van der Waals surface area (Å²) in [5.74, 6) is -0.825. The number of esters is 1. The van der Waals surface area contributed by atoms with Gasteiger partial charge in [0.25, 0.3) is 0 Å². The largest absolute Gasteiger partial charge is 0.462 e. The molecule has 6 heteroatoms. The predicted octanol–water partition coefficient (Wildman–Crippen LogP) is 2.27. The monoisotopic (exact) mass is 317 g/mol. The van der Waals surface area contributed by atoms with E-state index in [2.05, 4.69) is 10.3 Å². The maximum Gasteiger partial charge on any atom is 0.341 e. The molecular weight excluding hydrogens is 297 g/mol. The molecule has 122 valence electrons. The Kier molecular flexibility index (Phi) is 4.43. The van der Waals surface area contributed by atoms with Crippen molar-refractivity contribution in [1.29, 1.82) is 0 Å². The van der Waals surface area contributed by atoms with Crippen LogP contribution >= 0.6 is 0 Å². The van der Waals surface area contributed by atoms with Crippen LogP contribution in [0.3, 0.4) is 0 Å². The molecule has 1 aromatic heterocycles. The number of halogens is 1. The average molecular weight is 317 g/mol. The second-order valence-electron chi connectivity index (χ2n) is 5.57. The summed E-state index contributed by atoms with van der Waals surface area (Å²) < 4.78 is 19.7. The van der Waals surface area contributed by atoms with Gasteiger partial charge in [0.15, 0.2) is 0 Å². The van der Waals surface area contributed by atoms with E-state index in [0.717, 1.165) is 18.7 Å². The summed E-state index contributed by atoms with van der Waals surface area (Å²) in [6, 6.07) is 3.14. The molecule has 5 nitrogen and oxygen atoms in total. The predicted molar refractivity (Wildman–Crippen MR) is 87.5 cm³/mol. The molecule has 1 N–H and O–H groups in total. The molecule has 3 rings (SSSR count). The van der Waals surface area contributed by atoms with Crippen LogP contribution in [0.5, 0.6) is 0 Å².